The first-order chi connectivity index (χ1) is 10.7. The summed E-state index contributed by atoms with van der Waals surface area (Å²) in [7, 11) is 0. The third-order valence-electron chi connectivity index (χ3n) is 3.86. The average molecular weight is 306 g/mol. The van der Waals surface area contributed by atoms with E-state index in [-0.39, 0.29) is 11.3 Å². The second kappa shape index (κ2) is 4.71. The number of hydrogen-bond acceptors (Lipinski definition) is 3. The lowest BCUT2D eigenvalue weighted by molar-refractivity contribution is 0.477. The molecule has 0 aliphatic heterocycles. The van der Waals surface area contributed by atoms with Crippen LogP contribution in [0.15, 0.2) is 46.6 Å². The van der Waals surface area contributed by atoms with Gasteiger partial charge in [0.15, 0.2) is 0 Å². The van der Waals surface area contributed by atoms with Gasteiger partial charge in [-0.25, -0.2) is 0 Å². The molecule has 2 aromatic heterocycles. The Balaban J connectivity index is 2.30. The smallest absolute Gasteiger partial charge is 0.266 e. The quantitative estimate of drug-likeness (QED) is 0.553. The van der Waals surface area contributed by atoms with Gasteiger partial charge in [0.25, 0.3) is 5.56 Å². The van der Waals surface area contributed by atoms with Crippen LogP contribution in [0.2, 0.25) is 0 Å². The second-order valence-corrected chi connectivity index (χ2v) is 6.15. The molecular weight excluding hydrogens is 294 g/mol. The Labute approximate surface area is 130 Å². The molecule has 4 aromatic rings. The van der Waals surface area contributed by atoms with Crippen LogP contribution in [0.5, 0.6) is 5.75 Å². The first-order valence-electron chi connectivity index (χ1n) is 6.89. The van der Waals surface area contributed by atoms with Crippen LogP contribution in [0.4, 0.5) is 0 Å². The monoisotopic (exact) mass is 306 g/mol. The zero-order valence-electron chi connectivity index (χ0n) is 11.8. The molecule has 0 amide bonds. The summed E-state index contributed by atoms with van der Waals surface area (Å²) in [6.07, 6.45) is 0. The fraction of sp³-hybridized carbons (Fsp3) is 0.0556. The minimum Gasteiger partial charge on any atom is -0.507 e. The van der Waals surface area contributed by atoms with Crippen molar-refractivity contribution in [2.24, 2.45) is 0 Å². The summed E-state index contributed by atoms with van der Waals surface area (Å²) < 4.78 is 0.676. The van der Waals surface area contributed by atoms with Gasteiger partial charge in [-0.3, -0.25) is 4.79 Å². The molecule has 3 nitrogen and oxygen atoms in total. The molecule has 0 saturated carbocycles. The molecule has 0 unspecified atom stereocenters. The van der Waals surface area contributed by atoms with Gasteiger partial charge in [0.1, 0.15) is 10.4 Å². The van der Waals surface area contributed by atoms with E-state index in [9.17, 15) is 9.90 Å². The lowest BCUT2D eigenvalue weighted by Crippen LogP contribution is -2.05. The Bertz CT molecular complexity index is 1060. The zero-order chi connectivity index (χ0) is 15.3. The number of aromatic amines is 1. The standard InChI is InChI=1S/C18H12NO2S/c1-10-9-13(20)14(11-5-3-2-4-6-11)15-12-7-8-22-17(12)18(21)19-16(10)15/h2-5,7-9,20H,1H3,(H,19,21). The molecule has 0 atom stereocenters. The van der Waals surface area contributed by atoms with Crippen LogP contribution in [0.1, 0.15) is 5.56 Å². The van der Waals surface area contributed by atoms with Gasteiger partial charge in [-0.05, 0) is 41.6 Å². The molecule has 4 heteroatoms. The third-order valence-corrected chi connectivity index (χ3v) is 4.77. The number of aromatic hydroxyl groups is 1. The lowest BCUT2D eigenvalue weighted by atomic mass is 9.95. The fourth-order valence-corrected chi connectivity index (χ4v) is 3.70. The highest BCUT2D eigenvalue weighted by Gasteiger charge is 2.17. The average Bonchev–Trinajstić information content (AvgIpc) is 3.00. The number of thiophene rings is 1. The summed E-state index contributed by atoms with van der Waals surface area (Å²) in [5.41, 5.74) is 3.04. The molecule has 0 spiro atoms. The molecule has 22 heavy (non-hydrogen) atoms. The van der Waals surface area contributed by atoms with Gasteiger partial charge in [0.2, 0.25) is 0 Å². The predicted molar refractivity (Wildman–Crippen MR) is 90.6 cm³/mol. The largest absolute Gasteiger partial charge is 0.507 e. The van der Waals surface area contributed by atoms with Crippen LogP contribution >= 0.6 is 11.3 Å². The van der Waals surface area contributed by atoms with Crippen LogP contribution < -0.4 is 5.56 Å². The highest BCUT2D eigenvalue weighted by molar-refractivity contribution is 7.17. The summed E-state index contributed by atoms with van der Waals surface area (Å²) in [5.74, 6) is 0.201. The van der Waals surface area contributed by atoms with Crippen LogP contribution in [0, 0.1) is 13.0 Å². The van der Waals surface area contributed by atoms with Crippen molar-refractivity contribution in [2.45, 2.75) is 6.92 Å². The van der Waals surface area contributed by atoms with Crippen molar-refractivity contribution in [1.82, 2.24) is 4.98 Å². The van der Waals surface area contributed by atoms with Crippen molar-refractivity contribution in [1.29, 1.82) is 0 Å². The minimum atomic E-state index is -0.0886. The van der Waals surface area contributed by atoms with Gasteiger partial charge < -0.3 is 10.1 Å². The molecule has 0 bridgehead atoms. The number of rotatable bonds is 1. The van der Waals surface area contributed by atoms with Crippen LogP contribution in [-0.2, 0) is 0 Å². The number of hydrogen-bond donors (Lipinski definition) is 2. The molecule has 2 heterocycles. The maximum absolute atomic E-state index is 12.2. The van der Waals surface area contributed by atoms with E-state index in [1.54, 1.807) is 6.07 Å². The van der Waals surface area contributed by atoms with Crippen molar-refractivity contribution in [3.8, 4) is 16.9 Å². The normalized spacial score (nSPS) is 11.3. The van der Waals surface area contributed by atoms with Crippen LogP contribution in [-0.4, -0.2) is 10.1 Å². The number of aryl methyl sites for hydroxylation is 1. The van der Waals surface area contributed by atoms with E-state index in [0.717, 1.165) is 27.4 Å². The Morgan fingerprint density at radius 2 is 2.14 bits per heavy atom. The van der Waals surface area contributed by atoms with Gasteiger partial charge in [0, 0.05) is 16.3 Å². The van der Waals surface area contributed by atoms with Crippen molar-refractivity contribution in [3.05, 3.63) is 63.8 Å². The highest BCUT2D eigenvalue weighted by atomic mass is 32.1. The summed E-state index contributed by atoms with van der Waals surface area (Å²) in [6.45, 7) is 1.88. The van der Waals surface area contributed by atoms with Gasteiger partial charge in [-0.15, -0.1) is 11.3 Å². The van der Waals surface area contributed by atoms with Crippen LogP contribution in [0.3, 0.4) is 0 Å². The minimum absolute atomic E-state index is 0.0886. The first kappa shape index (κ1) is 13.1. The predicted octanol–water partition coefficient (Wildman–Crippen LogP) is 4.22. The van der Waals surface area contributed by atoms with Crippen molar-refractivity contribution in [2.75, 3.05) is 0 Å². The van der Waals surface area contributed by atoms with E-state index in [0.29, 0.717) is 10.3 Å². The number of aromatic nitrogens is 1. The molecule has 0 saturated heterocycles. The topological polar surface area (TPSA) is 53.1 Å². The van der Waals surface area contributed by atoms with Crippen molar-refractivity contribution >= 4 is 32.3 Å². The van der Waals surface area contributed by atoms with Crippen molar-refractivity contribution < 1.29 is 5.11 Å². The molecule has 2 N–H and O–H groups in total. The van der Waals surface area contributed by atoms with E-state index < -0.39 is 0 Å². The second-order valence-electron chi connectivity index (χ2n) is 5.23. The summed E-state index contributed by atoms with van der Waals surface area (Å²) in [5, 5.41) is 14.1. The maximum atomic E-state index is 12.2. The summed E-state index contributed by atoms with van der Waals surface area (Å²) >= 11 is 1.41. The molecule has 107 valence electrons. The summed E-state index contributed by atoms with van der Waals surface area (Å²) in [4.78, 5) is 15.2. The molecule has 0 aliphatic carbocycles. The van der Waals surface area contributed by atoms with Gasteiger partial charge in [0.05, 0.1) is 5.52 Å². The molecular formula is C18H12NO2S. The van der Waals surface area contributed by atoms with Crippen molar-refractivity contribution in [3.63, 3.8) is 0 Å². The number of nitrogens with one attached hydrogen (secondary N) is 1. The molecule has 4 rings (SSSR count). The lowest BCUT2D eigenvalue weighted by Gasteiger charge is -2.12. The molecule has 2 aromatic carbocycles. The number of benzene rings is 2. The Morgan fingerprint density at radius 1 is 1.27 bits per heavy atom. The molecule has 0 fully saturated rings. The van der Waals surface area contributed by atoms with Gasteiger partial charge in [-0.1, -0.05) is 24.3 Å². The maximum Gasteiger partial charge on any atom is 0.266 e. The molecule has 0 aliphatic rings. The molecule has 1 radical (unpaired) electrons. The Hall–Kier alpha value is -2.59. The number of phenolic OH excluding ortho intramolecular Hbond substituents is 1. The van der Waals surface area contributed by atoms with E-state index in [1.165, 1.54) is 11.3 Å². The number of phenols is 1. The highest BCUT2D eigenvalue weighted by Crippen LogP contribution is 2.40. The van der Waals surface area contributed by atoms with E-state index in [1.807, 2.05) is 42.6 Å². The zero-order valence-corrected chi connectivity index (χ0v) is 12.6. The number of pyridine rings is 1. The Kier molecular flexibility index (Phi) is 2.81. The van der Waals surface area contributed by atoms with Gasteiger partial charge >= 0.3 is 0 Å². The SMILES string of the molecule is Cc1cc(O)c(-c2[c]cccc2)c2c1[nH]c(=O)c1sccc12. The first-order valence-corrected chi connectivity index (χ1v) is 7.77. The van der Waals surface area contributed by atoms with E-state index in [4.69, 9.17) is 0 Å². The number of fused-ring (bicyclic) bond motifs is 3. The fourth-order valence-electron chi connectivity index (χ4n) is 2.90. The van der Waals surface area contributed by atoms with E-state index >= 15 is 0 Å². The third kappa shape index (κ3) is 1.77. The van der Waals surface area contributed by atoms with Gasteiger partial charge in [-0.2, -0.15) is 0 Å². The number of H-pyrrole nitrogens is 1. The van der Waals surface area contributed by atoms with Crippen LogP contribution in [0.25, 0.3) is 32.1 Å². The van der Waals surface area contributed by atoms with E-state index in [2.05, 4.69) is 11.1 Å². The summed E-state index contributed by atoms with van der Waals surface area (Å²) in [6, 6.07) is 14.3. The Morgan fingerprint density at radius 3 is 2.91 bits per heavy atom.